The third kappa shape index (κ3) is 4.17. The Morgan fingerprint density at radius 2 is 2.05 bits per heavy atom. The highest BCUT2D eigenvalue weighted by atomic mass is 32.2. The van der Waals surface area contributed by atoms with Gasteiger partial charge in [-0.1, -0.05) is 0 Å². The van der Waals surface area contributed by atoms with Crippen LogP contribution in [0.1, 0.15) is 6.92 Å². The monoisotopic (exact) mass is 328 g/mol. The standard InChI is InChI=1S/C12H12N2O5S2/c1-2-18-12(15)19-9-3-5-10(6-4-9)21(16,17)14-11-13-7-8-20-11/h3-8H,2H2,1H3,(H,13,14). The Morgan fingerprint density at radius 3 is 2.62 bits per heavy atom. The minimum atomic E-state index is -3.71. The van der Waals surface area contributed by atoms with Crippen molar-refractivity contribution < 1.29 is 22.7 Å². The van der Waals surface area contributed by atoms with Crippen LogP contribution in [0.2, 0.25) is 0 Å². The van der Waals surface area contributed by atoms with Crippen molar-refractivity contribution in [3.05, 3.63) is 35.8 Å². The highest BCUT2D eigenvalue weighted by Crippen LogP contribution is 2.20. The molecule has 0 fully saturated rings. The molecule has 1 heterocycles. The maximum atomic E-state index is 12.1. The number of carbonyl (C=O) groups is 1. The molecule has 0 saturated heterocycles. The van der Waals surface area contributed by atoms with Crippen LogP contribution >= 0.6 is 11.3 Å². The number of hydrogen-bond acceptors (Lipinski definition) is 7. The fourth-order valence-electron chi connectivity index (χ4n) is 1.38. The molecule has 0 spiro atoms. The predicted octanol–water partition coefficient (Wildman–Crippen LogP) is 2.48. The van der Waals surface area contributed by atoms with E-state index < -0.39 is 16.2 Å². The highest BCUT2D eigenvalue weighted by molar-refractivity contribution is 7.93. The Labute approximate surface area is 125 Å². The number of thiazole rings is 1. The average molecular weight is 328 g/mol. The molecule has 0 aliphatic rings. The van der Waals surface area contributed by atoms with Gasteiger partial charge < -0.3 is 9.47 Å². The Hall–Kier alpha value is -2.13. The SMILES string of the molecule is CCOC(=O)Oc1ccc(S(=O)(=O)Nc2nccs2)cc1. The van der Waals surface area contributed by atoms with E-state index in [0.717, 1.165) is 0 Å². The quantitative estimate of drug-likeness (QED) is 0.669. The summed E-state index contributed by atoms with van der Waals surface area (Å²) in [6, 6.07) is 5.38. The molecule has 2 aromatic rings. The van der Waals surface area contributed by atoms with E-state index in [1.807, 2.05) is 0 Å². The summed E-state index contributed by atoms with van der Waals surface area (Å²) in [5.74, 6) is 0.196. The molecule has 0 atom stereocenters. The van der Waals surface area contributed by atoms with E-state index in [1.165, 1.54) is 41.8 Å². The smallest absolute Gasteiger partial charge is 0.434 e. The lowest BCUT2D eigenvalue weighted by molar-refractivity contribution is 0.104. The summed E-state index contributed by atoms with van der Waals surface area (Å²) in [5, 5.41) is 1.94. The van der Waals surface area contributed by atoms with Gasteiger partial charge in [-0.2, -0.15) is 0 Å². The Balaban J connectivity index is 2.09. The van der Waals surface area contributed by atoms with Crippen molar-refractivity contribution in [2.24, 2.45) is 0 Å². The first kappa shape index (κ1) is 15.3. The second-order valence-corrected chi connectivity index (χ2v) is 6.28. The summed E-state index contributed by atoms with van der Waals surface area (Å²) in [5.41, 5.74) is 0. The van der Waals surface area contributed by atoms with E-state index in [0.29, 0.717) is 0 Å². The third-order valence-electron chi connectivity index (χ3n) is 2.25. The van der Waals surface area contributed by atoms with E-state index in [-0.39, 0.29) is 22.4 Å². The van der Waals surface area contributed by atoms with Crippen molar-refractivity contribution in [3.8, 4) is 5.75 Å². The van der Waals surface area contributed by atoms with Crippen molar-refractivity contribution >= 4 is 32.6 Å². The first-order chi connectivity index (χ1) is 10.0. The van der Waals surface area contributed by atoms with Gasteiger partial charge in [0.25, 0.3) is 10.0 Å². The van der Waals surface area contributed by atoms with Crippen molar-refractivity contribution in [1.29, 1.82) is 0 Å². The molecule has 2 rings (SSSR count). The van der Waals surface area contributed by atoms with Crippen LogP contribution in [0.4, 0.5) is 9.93 Å². The molecule has 0 unspecified atom stereocenters. The molecule has 0 aliphatic heterocycles. The number of ether oxygens (including phenoxy) is 2. The number of nitrogens with one attached hydrogen (secondary N) is 1. The number of sulfonamides is 1. The zero-order chi connectivity index (χ0) is 15.3. The van der Waals surface area contributed by atoms with Gasteiger partial charge in [-0.05, 0) is 31.2 Å². The van der Waals surface area contributed by atoms with Gasteiger partial charge in [0, 0.05) is 11.6 Å². The number of benzene rings is 1. The van der Waals surface area contributed by atoms with Gasteiger partial charge in [0.15, 0.2) is 5.13 Å². The fourth-order valence-corrected chi connectivity index (χ4v) is 3.17. The lowest BCUT2D eigenvalue weighted by Gasteiger charge is -2.07. The van der Waals surface area contributed by atoms with Crippen LogP contribution in [-0.2, 0) is 14.8 Å². The number of anilines is 1. The summed E-state index contributed by atoms with van der Waals surface area (Å²) >= 11 is 1.17. The molecule has 0 amide bonds. The van der Waals surface area contributed by atoms with E-state index in [9.17, 15) is 13.2 Å². The lowest BCUT2D eigenvalue weighted by atomic mass is 10.3. The van der Waals surface area contributed by atoms with Crippen LogP contribution in [0.3, 0.4) is 0 Å². The maximum Gasteiger partial charge on any atom is 0.513 e. The first-order valence-electron chi connectivity index (χ1n) is 5.88. The van der Waals surface area contributed by atoms with Gasteiger partial charge in [-0.25, -0.2) is 18.2 Å². The highest BCUT2D eigenvalue weighted by Gasteiger charge is 2.16. The molecule has 0 aliphatic carbocycles. The molecule has 1 aromatic carbocycles. The topological polar surface area (TPSA) is 94.6 Å². The van der Waals surface area contributed by atoms with Gasteiger partial charge in [-0.3, -0.25) is 4.72 Å². The predicted molar refractivity (Wildman–Crippen MR) is 77.0 cm³/mol. The molecule has 0 radical (unpaired) electrons. The zero-order valence-corrected chi connectivity index (χ0v) is 12.6. The number of hydrogen-bond donors (Lipinski definition) is 1. The van der Waals surface area contributed by atoms with E-state index >= 15 is 0 Å². The van der Waals surface area contributed by atoms with Gasteiger partial charge in [0.2, 0.25) is 0 Å². The minimum Gasteiger partial charge on any atom is -0.434 e. The Bertz CT molecular complexity index is 696. The number of nitrogens with zero attached hydrogens (tertiary/aromatic N) is 1. The number of aromatic nitrogens is 1. The van der Waals surface area contributed by atoms with Crippen LogP contribution < -0.4 is 9.46 Å². The Kier molecular flexibility index (Phi) is 4.76. The molecule has 0 bridgehead atoms. The zero-order valence-electron chi connectivity index (χ0n) is 11.0. The third-order valence-corrected chi connectivity index (χ3v) is 4.42. The molecule has 1 aromatic heterocycles. The average Bonchev–Trinajstić information content (AvgIpc) is 2.91. The summed E-state index contributed by atoms with van der Waals surface area (Å²) in [6.45, 7) is 1.85. The van der Waals surface area contributed by atoms with Crippen LogP contribution in [0.15, 0.2) is 40.7 Å². The lowest BCUT2D eigenvalue weighted by Crippen LogP contribution is -2.13. The second-order valence-electron chi connectivity index (χ2n) is 3.70. The maximum absolute atomic E-state index is 12.1. The van der Waals surface area contributed by atoms with Crippen molar-refractivity contribution in [2.45, 2.75) is 11.8 Å². The molecule has 1 N–H and O–H groups in total. The van der Waals surface area contributed by atoms with Crippen molar-refractivity contribution in [1.82, 2.24) is 4.98 Å². The van der Waals surface area contributed by atoms with E-state index in [4.69, 9.17) is 4.74 Å². The van der Waals surface area contributed by atoms with Gasteiger partial charge >= 0.3 is 6.16 Å². The fraction of sp³-hybridized carbons (Fsp3) is 0.167. The van der Waals surface area contributed by atoms with Gasteiger partial charge in [-0.15, -0.1) is 11.3 Å². The summed E-state index contributed by atoms with van der Waals surface area (Å²) in [6.07, 6.45) is 0.660. The first-order valence-corrected chi connectivity index (χ1v) is 8.24. The normalized spacial score (nSPS) is 10.9. The second kappa shape index (κ2) is 6.55. The van der Waals surface area contributed by atoms with Crippen LogP contribution in [-0.4, -0.2) is 26.2 Å². The largest absolute Gasteiger partial charge is 0.513 e. The summed E-state index contributed by atoms with van der Waals surface area (Å²) in [7, 11) is -3.71. The van der Waals surface area contributed by atoms with Crippen LogP contribution in [0, 0.1) is 0 Å². The minimum absolute atomic E-state index is 0.0360. The van der Waals surface area contributed by atoms with Gasteiger partial charge in [0.1, 0.15) is 5.75 Å². The van der Waals surface area contributed by atoms with Gasteiger partial charge in [0.05, 0.1) is 11.5 Å². The van der Waals surface area contributed by atoms with Crippen molar-refractivity contribution in [2.75, 3.05) is 11.3 Å². The van der Waals surface area contributed by atoms with Crippen molar-refractivity contribution in [3.63, 3.8) is 0 Å². The van der Waals surface area contributed by atoms with E-state index in [1.54, 1.807) is 12.3 Å². The van der Waals surface area contributed by atoms with E-state index in [2.05, 4.69) is 14.4 Å². The molecule has 0 saturated carbocycles. The molecule has 7 nitrogen and oxygen atoms in total. The van der Waals surface area contributed by atoms with Crippen LogP contribution in [0.25, 0.3) is 0 Å². The molecule has 21 heavy (non-hydrogen) atoms. The molecule has 9 heteroatoms. The van der Waals surface area contributed by atoms with Crippen LogP contribution in [0.5, 0.6) is 5.75 Å². The Morgan fingerprint density at radius 1 is 1.33 bits per heavy atom. The summed E-state index contributed by atoms with van der Waals surface area (Å²) in [4.78, 5) is 15.0. The molecule has 112 valence electrons. The number of rotatable bonds is 5. The summed E-state index contributed by atoms with van der Waals surface area (Å²) < 4.78 is 35.9. The molecular weight excluding hydrogens is 316 g/mol. The number of carbonyl (C=O) groups excluding carboxylic acids is 1. The molecular formula is C12H12N2O5S2.